The number of methoxy groups -OCH3 is 3. The van der Waals surface area contributed by atoms with Crippen LogP contribution in [0.2, 0.25) is 0 Å². The van der Waals surface area contributed by atoms with E-state index in [1.54, 1.807) is 27.5 Å². The lowest BCUT2D eigenvalue weighted by atomic mass is 10.1. The van der Waals surface area contributed by atoms with Gasteiger partial charge in [0, 0.05) is 18.9 Å². The van der Waals surface area contributed by atoms with Gasteiger partial charge in [-0.15, -0.1) is 0 Å². The van der Waals surface area contributed by atoms with Crippen LogP contribution < -0.4 is 19.5 Å². The number of aromatic nitrogens is 2. The Bertz CT molecular complexity index is 545. The van der Waals surface area contributed by atoms with Crippen molar-refractivity contribution in [2.45, 2.75) is 19.5 Å². The molecule has 1 atom stereocenters. The summed E-state index contributed by atoms with van der Waals surface area (Å²) < 4.78 is 16.0. The number of imidazole rings is 1. The maximum absolute atomic E-state index is 5.35. The second-order valence-corrected chi connectivity index (χ2v) is 4.61. The Hall–Kier alpha value is -2.21. The molecule has 0 fully saturated rings. The molecule has 0 aliphatic rings. The third-order valence-electron chi connectivity index (χ3n) is 3.27. The molecular weight excluding hydrogens is 270 g/mol. The highest BCUT2D eigenvalue weighted by atomic mass is 16.5. The van der Waals surface area contributed by atoms with Crippen LogP contribution in [0.4, 0.5) is 0 Å². The van der Waals surface area contributed by atoms with E-state index < -0.39 is 0 Å². The van der Waals surface area contributed by atoms with Gasteiger partial charge in [-0.25, -0.2) is 4.98 Å². The molecule has 6 nitrogen and oxygen atoms in total. The Morgan fingerprint density at radius 3 is 2.29 bits per heavy atom. The Morgan fingerprint density at radius 2 is 1.81 bits per heavy atom. The summed E-state index contributed by atoms with van der Waals surface area (Å²) in [5.41, 5.74) is 1.04. The zero-order valence-corrected chi connectivity index (χ0v) is 12.8. The lowest BCUT2D eigenvalue weighted by molar-refractivity contribution is 0.323. The van der Waals surface area contributed by atoms with Crippen LogP contribution in [0, 0.1) is 0 Å². The molecule has 1 aromatic heterocycles. The first-order chi connectivity index (χ1) is 10.2. The van der Waals surface area contributed by atoms with Gasteiger partial charge < -0.3 is 24.5 Å². The minimum Gasteiger partial charge on any atom is -0.493 e. The summed E-state index contributed by atoms with van der Waals surface area (Å²) >= 11 is 0. The van der Waals surface area contributed by atoms with Crippen molar-refractivity contribution in [1.82, 2.24) is 15.3 Å². The summed E-state index contributed by atoms with van der Waals surface area (Å²) in [6.07, 6.45) is 3.56. The van der Waals surface area contributed by atoms with Gasteiger partial charge in [0.2, 0.25) is 5.75 Å². The summed E-state index contributed by atoms with van der Waals surface area (Å²) in [5, 5.41) is 3.40. The summed E-state index contributed by atoms with van der Waals surface area (Å²) in [5.74, 6) is 2.81. The van der Waals surface area contributed by atoms with Gasteiger partial charge in [-0.2, -0.15) is 0 Å². The number of H-pyrrole nitrogens is 1. The van der Waals surface area contributed by atoms with Crippen molar-refractivity contribution in [1.29, 1.82) is 0 Å². The summed E-state index contributed by atoms with van der Waals surface area (Å²) in [6, 6.07) is 3.99. The fraction of sp³-hybridized carbons (Fsp3) is 0.400. The summed E-state index contributed by atoms with van der Waals surface area (Å²) in [6.45, 7) is 2.72. The van der Waals surface area contributed by atoms with Crippen LogP contribution in [0.3, 0.4) is 0 Å². The minimum absolute atomic E-state index is 0.124. The molecule has 0 saturated heterocycles. The third-order valence-corrected chi connectivity index (χ3v) is 3.27. The first-order valence-corrected chi connectivity index (χ1v) is 6.71. The molecule has 0 spiro atoms. The first kappa shape index (κ1) is 15.2. The molecule has 1 heterocycles. The molecule has 1 unspecified atom stereocenters. The molecule has 114 valence electrons. The first-order valence-electron chi connectivity index (χ1n) is 6.71. The summed E-state index contributed by atoms with van der Waals surface area (Å²) in [4.78, 5) is 7.33. The number of hydrogen-bond acceptors (Lipinski definition) is 5. The van der Waals surface area contributed by atoms with E-state index in [0.717, 1.165) is 11.4 Å². The van der Waals surface area contributed by atoms with Gasteiger partial charge in [-0.3, -0.25) is 0 Å². The van der Waals surface area contributed by atoms with E-state index in [-0.39, 0.29) is 6.04 Å². The second kappa shape index (κ2) is 6.99. The molecule has 0 saturated carbocycles. The van der Waals surface area contributed by atoms with Crippen molar-refractivity contribution >= 4 is 0 Å². The monoisotopic (exact) mass is 291 g/mol. The van der Waals surface area contributed by atoms with Gasteiger partial charge in [-0.1, -0.05) is 0 Å². The number of ether oxygens (including phenoxy) is 3. The smallest absolute Gasteiger partial charge is 0.203 e. The zero-order valence-electron chi connectivity index (χ0n) is 12.8. The van der Waals surface area contributed by atoms with E-state index in [4.69, 9.17) is 14.2 Å². The van der Waals surface area contributed by atoms with Crippen molar-refractivity contribution in [3.8, 4) is 17.2 Å². The molecular formula is C15H21N3O3. The highest BCUT2D eigenvalue weighted by Gasteiger charge is 2.14. The van der Waals surface area contributed by atoms with E-state index in [0.29, 0.717) is 23.8 Å². The predicted octanol–water partition coefficient (Wildman–Crippen LogP) is 2.29. The van der Waals surface area contributed by atoms with Crippen LogP contribution >= 0.6 is 0 Å². The third kappa shape index (κ3) is 3.46. The van der Waals surface area contributed by atoms with Crippen LogP contribution in [0.1, 0.15) is 24.4 Å². The lowest BCUT2D eigenvalue weighted by Gasteiger charge is -2.16. The molecule has 2 aromatic rings. The van der Waals surface area contributed by atoms with E-state index in [1.807, 2.05) is 18.3 Å². The van der Waals surface area contributed by atoms with E-state index >= 15 is 0 Å². The van der Waals surface area contributed by atoms with E-state index in [1.165, 1.54) is 0 Å². The highest BCUT2D eigenvalue weighted by Crippen LogP contribution is 2.38. The normalized spacial score (nSPS) is 12.0. The van der Waals surface area contributed by atoms with Gasteiger partial charge in [-0.05, 0) is 24.6 Å². The average molecular weight is 291 g/mol. The highest BCUT2D eigenvalue weighted by molar-refractivity contribution is 5.53. The Balaban J connectivity index is 2.13. The Labute approximate surface area is 124 Å². The van der Waals surface area contributed by atoms with Crippen LogP contribution in [-0.4, -0.2) is 31.3 Å². The lowest BCUT2D eigenvalue weighted by Crippen LogP contribution is -2.19. The van der Waals surface area contributed by atoms with Crippen LogP contribution in [0.25, 0.3) is 0 Å². The number of aromatic amines is 1. The van der Waals surface area contributed by atoms with Crippen molar-refractivity contribution in [3.05, 3.63) is 35.9 Å². The largest absolute Gasteiger partial charge is 0.493 e. The maximum atomic E-state index is 5.35. The van der Waals surface area contributed by atoms with Crippen molar-refractivity contribution in [3.63, 3.8) is 0 Å². The fourth-order valence-electron chi connectivity index (χ4n) is 2.12. The van der Waals surface area contributed by atoms with Gasteiger partial charge in [0.25, 0.3) is 0 Å². The number of nitrogens with zero attached hydrogens (tertiary/aromatic N) is 1. The second-order valence-electron chi connectivity index (χ2n) is 4.61. The molecule has 1 aromatic carbocycles. The molecule has 0 amide bonds. The molecule has 0 radical (unpaired) electrons. The molecule has 6 heteroatoms. The summed E-state index contributed by atoms with van der Waals surface area (Å²) in [7, 11) is 4.82. The zero-order chi connectivity index (χ0) is 15.2. The van der Waals surface area contributed by atoms with Gasteiger partial charge in [0.1, 0.15) is 5.82 Å². The van der Waals surface area contributed by atoms with Gasteiger partial charge in [0.15, 0.2) is 11.5 Å². The van der Waals surface area contributed by atoms with E-state index in [2.05, 4.69) is 22.2 Å². The molecule has 0 bridgehead atoms. The quantitative estimate of drug-likeness (QED) is 0.819. The maximum Gasteiger partial charge on any atom is 0.203 e. The number of benzene rings is 1. The predicted molar refractivity (Wildman–Crippen MR) is 79.9 cm³/mol. The molecule has 0 aliphatic carbocycles. The average Bonchev–Trinajstić information content (AvgIpc) is 3.05. The molecule has 2 N–H and O–H groups in total. The van der Waals surface area contributed by atoms with Crippen molar-refractivity contribution in [2.75, 3.05) is 21.3 Å². The topological polar surface area (TPSA) is 68.4 Å². The van der Waals surface area contributed by atoms with E-state index in [9.17, 15) is 0 Å². The number of nitrogens with one attached hydrogen (secondary N) is 2. The van der Waals surface area contributed by atoms with Crippen LogP contribution in [-0.2, 0) is 6.54 Å². The molecule has 0 aliphatic heterocycles. The standard InChI is InChI=1S/C15H21N3O3/c1-10(15-16-5-6-17-15)18-9-11-7-12(19-2)14(21-4)13(8-11)20-3/h5-8,10,18H,9H2,1-4H3,(H,16,17). The van der Waals surface area contributed by atoms with Crippen molar-refractivity contribution < 1.29 is 14.2 Å². The van der Waals surface area contributed by atoms with Crippen molar-refractivity contribution in [2.24, 2.45) is 0 Å². The Morgan fingerprint density at radius 1 is 1.14 bits per heavy atom. The van der Waals surface area contributed by atoms with Crippen LogP contribution in [0.5, 0.6) is 17.2 Å². The van der Waals surface area contributed by atoms with Gasteiger partial charge in [0.05, 0.1) is 27.4 Å². The Kier molecular flexibility index (Phi) is 5.05. The molecule has 21 heavy (non-hydrogen) atoms. The van der Waals surface area contributed by atoms with Crippen LogP contribution in [0.15, 0.2) is 24.5 Å². The molecule has 2 rings (SSSR count). The number of rotatable bonds is 7. The number of hydrogen-bond donors (Lipinski definition) is 2. The minimum atomic E-state index is 0.124. The van der Waals surface area contributed by atoms with Gasteiger partial charge >= 0.3 is 0 Å². The fourth-order valence-corrected chi connectivity index (χ4v) is 2.12. The SMILES string of the molecule is COc1cc(CNC(C)c2ncc[nH]2)cc(OC)c1OC.